The average Bonchev–Trinajstić information content (AvgIpc) is 1.95. The Labute approximate surface area is 75.7 Å². The van der Waals surface area contributed by atoms with Gasteiger partial charge in [0, 0.05) is 19.8 Å². The Bertz CT molecular complexity index is 112. The van der Waals surface area contributed by atoms with E-state index in [1.54, 1.807) is 7.11 Å². The lowest BCUT2D eigenvalue weighted by molar-refractivity contribution is 0.187. The molecular weight excluding hydrogens is 150 g/mol. The summed E-state index contributed by atoms with van der Waals surface area (Å²) in [4.78, 5) is 0. The molecule has 72 valence electrons. The molecule has 0 amide bonds. The lowest BCUT2D eigenvalue weighted by atomic mass is 9.80. The van der Waals surface area contributed by atoms with Crippen LogP contribution in [0.5, 0.6) is 0 Å². The van der Waals surface area contributed by atoms with Crippen molar-refractivity contribution in [1.29, 1.82) is 0 Å². The SMILES string of the molecule is COCCCNC(C)C1CCC1. The highest BCUT2D eigenvalue weighted by atomic mass is 16.5. The minimum absolute atomic E-state index is 0.718. The van der Waals surface area contributed by atoms with E-state index in [9.17, 15) is 0 Å². The van der Waals surface area contributed by atoms with Crippen LogP contribution in [0, 0.1) is 5.92 Å². The standard InChI is InChI=1S/C10H21NO/c1-9(10-5-3-6-10)11-7-4-8-12-2/h9-11H,3-8H2,1-2H3. The van der Waals surface area contributed by atoms with E-state index in [0.717, 1.165) is 31.5 Å². The number of methoxy groups -OCH3 is 1. The van der Waals surface area contributed by atoms with Crippen LogP contribution in [0.4, 0.5) is 0 Å². The molecule has 1 fully saturated rings. The van der Waals surface area contributed by atoms with E-state index < -0.39 is 0 Å². The molecule has 0 aliphatic heterocycles. The summed E-state index contributed by atoms with van der Waals surface area (Å²) < 4.78 is 4.98. The van der Waals surface area contributed by atoms with Crippen LogP contribution < -0.4 is 5.32 Å². The summed E-state index contributed by atoms with van der Waals surface area (Å²) in [5, 5.41) is 3.54. The Morgan fingerprint density at radius 1 is 1.50 bits per heavy atom. The Balaban J connectivity index is 1.91. The molecular formula is C10H21NO. The van der Waals surface area contributed by atoms with Crippen LogP contribution in [0.15, 0.2) is 0 Å². The van der Waals surface area contributed by atoms with Crippen LogP contribution in [0.1, 0.15) is 32.6 Å². The van der Waals surface area contributed by atoms with Crippen molar-refractivity contribution in [2.45, 2.75) is 38.6 Å². The molecule has 2 nitrogen and oxygen atoms in total. The Kier molecular flexibility index (Phi) is 4.62. The van der Waals surface area contributed by atoms with Gasteiger partial charge < -0.3 is 10.1 Å². The molecule has 1 atom stereocenters. The molecule has 1 N–H and O–H groups in total. The molecule has 1 unspecified atom stereocenters. The van der Waals surface area contributed by atoms with Gasteiger partial charge in [0.15, 0.2) is 0 Å². The monoisotopic (exact) mass is 171 g/mol. The molecule has 1 aliphatic rings. The number of nitrogens with one attached hydrogen (secondary N) is 1. The van der Waals surface area contributed by atoms with Gasteiger partial charge in [-0.15, -0.1) is 0 Å². The van der Waals surface area contributed by atoms with Gasteiger partial charge in [-0.05, 0) is 38.6 Å². The third kappa shape index (κ3) is 3.11. The summed E-state index contributed by atoms with van der Waals surface area (Å²) in [6, 6.07) is 0.718. The van der Waals surface area contributed by atoms with Crippen molar-refractivity contribution in [2.24, 2.45) is 5.92 Å². The van der Waals surface area contributed by atoms with Gasteiger partial charge >= 0.3 is 0 Å². The molecule has 1 rings (SSSR count). The van der Waals surface area contributed by atoms with Gasteiger partial charge in [-0.1, -0.05) is 6.42 Å². The summed E-state index contributed by atoms with van der Waals surface area (Å²) in [5.41, 5.74) is 0. The van der Waals surface area contributed by atoms with Crippen LogP contribution in [-0.4, -0.2) is 26.3 Å². The summed E-state index contributed by atoms with van der Waals surface area (Å²) in [7, 11) is 1.76. The van der Waals surface area contributed by atoms with E-state index in [0.29, 0.717) is 0 Å². The second-order valence-corrected chi connectivity index (χ2v) is 3.78. The van der Waals surface area contributed by atoms with E-state index in [1.807, 2.05) is 0 Å². The van der Waals surface area contributed by atoms with Crippen molar-refractivity contribution >= 4 is 0 Å². The van der Waals surface area contributed by atoms with Crippen molar-refractivity contribution in [3.8, 4) is 0 Å². The van der Waals surface area contributed by atoms with Crippen molar-refractivity contribution in [1.82, 2.24) is 5.32 Å². The molecule has 0 bridgehead atoms. The second-order valence-electron chi connectivity index (χ2n) is 3.78. The number of ether oxygens (including phenoxy) is 1. The minimum atomic E-state index is 0.718. The Morgan fingerprint density at radius 3 is 2.75 bits per heavy atom. The van der Waals surface area contributed by atoms with Crippen molar-refractivity contribution < 1.29 is 4.74 Å². The number of rotatable bonds is 6. The smallest absolute Gasteiger partial charge is 0.0474 e. The molecule has 12 heavy (non-hydrogen) atoms. The minimum Gasteiger partial charge on any atom is -0.385 e. The fraction of sp³-hybridized carbons (Fsp3) is 1.00. The molecule has 1 saturated carbocycles. The molecule has 0 radical (unpaired) electrons. The summed E-state index contributed by atoms with van der Waals surface area (Å²) in [6.45, 7) is 4.28. The van der Waals surface area contributed by atoms with E-state index in [-0.39, 0.29) is 0 Å². The molecule has 2 heteroatoms. The van der Waals surface area contributed by atoms with Gasteiger partial charge in [0.2, 0.25) is 0 Å². The maximum Gasteiger partial charge on any atom is 0.0474 e. The van der Waals surface area contributed by atoms with E-state index in [1.165, 1.54) is 19.3 Å². The second kappa shape index (κ2) is 5.55. The molecule has 1 aliphatic carbocycles. The molecule has 0 spiro atoms. The first kappa shape index (κ1) is 10.0. The van der Waals surface area contributed by atoms with Crippen LogP contribution in [0.25, 0.3) is 0 Å². The van der Waals surface area contributed by atoms with Crippen LogP contribution in [-0.2, 0) is 4.74 Å². The predicted molar refractivity (Wildman–Crippen MR) is 51.3 cm³/mol. The Hall–Kier alpha value is -0.0800. The topological polar surface area (TPSA) is 21.3 Å². The van der Waals surface area contributed by atoms with Crippen LogP contribution in [0.2, 0.25) is 0 Å². The lowest BCUT2D eigenvalue weighted by Gasteiger charge is -2.32. The molecule has 0 aromatic heterocycles. The zero-order chi connectivity index (χ0) is 8.81. The number of hydrogen-bond donors (Lipinski definition) is 1. The average molecular weight is 171 g/mol. The van der Waals surface area contributed by atoms with Crippen molar-refractivity contribution in [3.63, 3.8) is 0 Å². The quantitative estimate of drug-likeness (QED) is 0.615. The van der Waals surface area contributed by atoms with Crippen molar-refractivity contribution in [2.75, 3.05) is 20.3 Å². The van der Waals surface area contributed by atoms with Gasteiger partial charge in [-0.3, -0.25) is 0 Å². The highest BCUT2D eigenvalue weighted by molar-refractivity contribution is 4.79. The number of hydrogen-bond acceptors (Lipinski definition) is 2. The van der Waals surface area contributed by atoms with E-state index in [2.05, 4.69) is 12.2 Å². The van der Waals surface area contributed by atoms with Gasteiger partial charge in [0.1, 0.15) is 0 Å². The fourth-order valence-corrected chi connectivity index (χ4v) is 1.65. The van der Waals surface area contributed by atoms with Crippen LogP contribution in [0.3, 0.4) is 0 Å². The zero-order valence-electron chi connectivity index (χ0n) is 8.31. The van der Waals surface area contributed by atoms with Gasteiger partial charge in [0.25, 0.3) is 0 Å². The van der Waals surface area contributed by atoms with Gasteiger partial charge in [-0.25, -0.2) is 0 Å². The summed E-state index contributed by atoms with van der Waals surface area (Å²) in [5.74, 6) is 0.951. The third-order valence-corrected chi connectivity index (χ3v) is 2.85. The molecule has 0 aromatic carbocycles. The molecule has 0 heterocycles. The van der Waals surface area contributed by atoms with Crippen LogP contribution >= 0.6 is 0 Å². The van der Waals surface area contributed by atoms with E-state index in [4.69, 9.17) is 4.74 Å². The summed E-state index contributed by atoms with van der Waals surface area (Å²) >= 11 is 0. The zero-order valence-corrected chi connectivity index (χ0v) is 8.31. The van der Waals surface area contributed by atoms with E-state index >= 15 is 0 Å². The normalized spacial score (nSPS) is 20.5. The maximum atomic E-state index is 4.98. The third-order valence-electron chi connectivity index (χ3n) is 2.85. The fourth-order valence-electron chi connectivity index (χ4n) is 1.65. The maximum absolute atomic E-state index is 4.98. The lowest BCUT2D eigenvalue weighted by Crippen LogP contribution is -2.37. The predicted octanol–water partition coefficient (Wildman–Crippen LogP) is 1.80. The van der Waals surface area contributed by atoms with Gasteiger partial charge in [-0.2, -0.15) is 0 Å². The molecule has 0 saturated heterocycles. The largest absolute Gasteiger partial charge is 0.385 e. The highest BCUT2D eigenvalue weighted by Gasteiger charge is 2.22. The van der Waals surface area contributed by atoms with Gasteiger partial charge in [0.05, 0.1) is 0 Å². The first-order chi connectivity index (χ1) is 5.84. The molecule has 0 aromatic rings. The van der Waals surface area contributed by atoms with Crippen molar-refractivity contribution in [3.05, 3.63) is 0 Å². The Morgan fingerprint density at radius 2 is 2.25 bits per heavy atom. The first-order valence-electron chi connectivity index (χ1n) is 5.07. The summed E-state index contributed by atoms with van der Waals surface area (Å²) in [6.07, 6.45) is 5.43. The highest BCUT2D eigenvalue weighted by Crippen LogP contribution is 2.29. The first-order valence-corrected chi connectivity index (χ1v) is 5.07.